The lowest BCUT2D eigenvalue weighted by atomic mass is 9.81. The van der Waals surface area contributed by atoms with Gasteiger partial charge >= 0.3 is 0 Å². The number of nitrogens with one attached hydrogen (secondary N) is 1. The molecule has 250 valence electrons. The van der Waals surface area contributed by atoms with E-state index in [1.54, 1.807) is 6.92 Å². The molecule has 1 aliphatic rings. The van der Waals surface area contributed by atoms with E-state index in [9.17, 15) is 4.79 Å². The van der Waals surface area contributed by atoms with Crippen LogP contribution in [0.1, 0.15) is 129 Å². The van der Waals surface area contributed by atoms with Gasteiger partial charge in [-0.3, -0.25) is 4.79 Å². The average molecular weight is 702 g/mol. The van der Waals surface area contributed by atoms with Gasteiger partial charge in [-0.25, -0.2) is 4.99 Å². The van der Waals surface area contributed by atoms with Crippen molar-refractivity contribution in [1.29, 1.82) is 0 Å². The maximum atomic E-state index is 12.7. The Balaban J connectivity index is 0.00000705. The molecule has 0 saturated heterocycles. The molecule has 1 N–H and O–H groups in total. The van der Waals surface area contributed by atoms with Gasteiger partial charge in [0.25, 0.3) is 0 Å². The van der Waals surface area contributed by atoms with Crippen LogP contribution in [-0.2, 0) is 17.8 Å². The van der Waals surface area contributed by atoms with Crippen molar-refractivity contribution in [3.63, 3.8) is 0 Å². The third-order valence-electron chi connectivity index (χ3n) is 8.71. The van der Waals surface area contributed by atoms with Crippen molar-refractivity contribution in [2.75, 3.05) is 18.1 Å². The molecule has 1 amide bonds. The Morgan fingerprint density at radius 3 is 2.09 bits per heavy atom. The van der Waals surface area contributed by atoms with E-state index in [2.05, 4.69) is 50.2 Å². The molecule has 0 fully saturated rings. The first-order chi connectivity index (χ1) is 21.3. The number of allylic oxidation sites excluding steroid dienone is 1. The van der Waals surface area contributed by atoms with E-state index < -0.39 is 0 Å². The molecule has 4 nitrogen and oxygen atoms in total. The van der Waals surface area contributed by atoms with E-state index in [-0.39, 0.29) is 28.3 Å². The van der Waals surface area contributed by atoms with Crippen LogP contribution in [0.5, 0.6) is 5.75 Å². The van der Waals surface area contributed by atoms with Crippen LogP contribution in [0.3, 0.4) is 0 Å². The van der Waals surface area contributed by atoms with Gasteiger partial charge in [-0.15, -0.1) is 0 Å². The van der Waals surface area contributed by atoms with Crippen LogP contribution in [0.25, 0.3) is 0 Å². The van der Waals surface area contributed by atoms with E-state index >= 15 is 0 Å². The van der Waals surface area contributed by atoms with Gasteiger partial charge in [0.15, 0.2) is 6.21 Å². The molecule has 1 aliphatic heterocycles. The number of carbonyl (C=O) groups is 1. The maximum absolute atomic E-state index is 12.7. The summed E-state index contributed by atoms with van der Waals surface area (Å²) in [6.45, 7) is 10.4. The molecule has 1 unspecified atom stereocenters. The minimum atomic E-state index is 0. The fourth-order valence-electron chi connectivity index (χ4n) is 6.31. The van der Waals surface area contributed by atoms with Crippen molar-refractivity contribution in [2.45, 2.75) is 131 Å². The van der Waals surface area contributed by atoms with Crippen LogP contribution >= 0.6 is 11.6 Å². The number of unbranched alkanes of at least 4 members (excludes halogenated alkanes) is 13. The van der Waals surface area contributed by atoms with Gasteiger partial charge in [-0.2, -0.15) is 0 Å². The third kappa shape index (κ3) is 14.9. The number of hydrogen-bond acceptors (Lipinski definition) is 2. The molecular weight excluding hydrogens is 644 g/mol. The lowest BCUT2D eigenvalue weighted by Crippen LogP contribution is -3.00. The number of benzene rings is 2. The Bertz CT molecular complexity index is 1210. The van der Waals surface area contributed by atoms with Crippen LogP contribution < -0.4 is 31.6 Å². The second kappa shape index (κ2) is 21.6. The summed E-state index contributed by atoms with van der Waals surface area (Å²) in [7, 11) is 0. The van der Waals surface area contributed by atoms with Gasteiger partial charge in [0.2, 0.25) is 5.91 Å². The highest BCUT2D eigenvalue weighted by atomic mass is 79.9. The summed E-state index contributed by atoms with van der Waals surface area (Å²) in [5.41, 5.74) is 4.40. The van der Waals surface area contributed by atoms with Gasteiger partial charge in [0, 0.05) is 23.6 Å². The van der Waals surface area contributed by atoms with Gasteiger partial charge in [0.05, 0.1) is 18.2 Å². The molecule has 0 aliphatic carbocycles. The number of hydrogen-bond donors (Lipinski definition) is 1. The van der Waals surface area contributed by atoms with Crippen LogP contribution in [0, 0.1) is 5.41 Å². The molecule has 1 atom stereocenters. The van der Waals surface area contributed by atoms with E-state index in [0.717, 1.165) is 36.4 Å². The predicted octanol–water partition coefficient (Wildman–Crippen LogP) is 6.42. The zero-order valence-corrected chi connectivity index (χ0v) is 30.8. The lowest BCUT2D eigenvalue weighted by molar-refractivity contribution is -0.469. The first-order valence-electron chi connectivity index (χ1n) is 17.3. The Hall–Kier alpha value is -2.11. The average Bonchev–Trinajstić information content (AvgIpc) is 2.98. The Labute approximate surface area is 289 Å². The highest BCUT2D eigenvalue weighted by molar-refractivity contribution is 6.32. The summed E-state index contributed by atoms with van der Waals surface area (Å²) >= 11 is 6.62. The molecule has 2 aromatic rings. The minimum absolute atomic E-state index is 0. The lowest BCUT2D eigenvalue weighted by Gasteiger charge is -2.26. The Morgan fingerprint density at radius 1 is 0.889 bits per heavy atom. The summed E-state index contributed by atoms with van der Waals surface area (Å²) in [6, 6.07) is 14.2. The minimum Gasteiger partial charge on any atom is -1.00 e. The van der Waals surface area contributed by atoms with Crippen molar-refractivity contribution < 1.29 is 31.5 Å². The predicted molar refractivity (Wildman–Crippen MR) is 188 cm³/mol. The normalized spacial score (nSPS) is 15.8. The number of rotatable bonds is 21. The van der Waals surface area contributed by atoms with Crippen molar-refractivity contribution in [3.05, 3.63) is 70.3 Å². The molecule has 0 saturated carbocycles. The SMILES string of the molecule is CCCCCCCCCCCCCCCCOc1ccc(CN(C(C)=O)c2cccc(CC3(C)C=C(C)C=[NH+]C3)c2)cc1Cl.[Br-]. The van der Waals surface area contributed by atoms with Gasteiger partial charge in [0.1, 0.15) is 12.3 Å². The van der Waals surface area contributed by atoms with E-state index in [4.69, 9.17) is 16.3 Å². The molecule has 3 rings (SSSR count). The fourth-order valence-corrected chi connectivity index (χ4v) is 6.56. The van der Waals surface area contributed by atoms with E-state index in [0.29, 0.717) is 18.2 Å². The number of amides is 1. The van der Waals surface area contributed by atoms with Crippen molar-refractivity contribution in [2.24, 2.45) is 5.41 Å². The molecule has 0 bridgehead atoms. The zero-order valence-electron chi connectivity index (χ0n) is 28.4. The molecule has 2 aromatic carbocycles. The van der Waals surface area contributed by atoms with Gasteiger partial charge in [-0.05, 0) is 62.1 Å². The highest BCUT2D eigenvalue weighted by Gasteiger charge is 2.28. The summed E-state index contributed by atoms with van der Waals surface area (Å²) < 4.78 is 6.02. The van der Waals surface area contributed by atoms with Gasteiger partial charge < -0.3 is 26.6 Å². The summed E-state index contributed by atoms with van der Waals surface area (Å²) in [5.74, 6) is 0.726. The van der Waals surface area contributed by atoms with Crippen LogP contribution in [0.2, 0.25) is 5.02 Å². The summed E-state index contributed by atoms with van der Waals surface area (Å²) in [5, 5.41) is 0.599. The Kier molecular flexibility index (Phi) is 18.8. The molecule has 0 radical (unpaired) electrons. The number of carbonyl (C=O) groups excluding carboxylic acids is 1. The molecular formula is C39H58BrClN2O2. The number of halogens is 2. The van der Waals surface area contributed by atoms with Crippen molar-refractivity contribution >= 4 is 29.4 Å². The topological polar surface area (TPSA) is 43.5 Å². The Morgan fingerprint density at radius 2 is 1.51 bits per heavy atom. The maximum Gasteiger partial charge on any atom is 0.224 e. The fraction of sp³-hybridized carbons (Fsp3) is 0.590. The number of nitrogens with zero attached hydrogens (tertiary/aromatic N) is 1. The monoisotopic (exact) mass is 700 g/mol. The quantitative estimate of drug-likeness (QED) is 0.153. The van der Waals surface area contributed by atoms with E-state index in [1.165, 1.54) is 94.6 Å². The molecule has 0 aromatic heterocycles. The van der Waals surface area contributed by atoms with Crippen LogP contribution in [0.15, 0.2) is 54.1 Å². The standard InChI is InChI=1S/C39H57ClN2O2.BrH/c1-5-6-7-8-9-10-11-12-13-14-15-16-17-18-24-44-38-23-22-35(26-37(38)40)30-42(33(3)43)36-21-19-20-34(25-36)28-39(4)27-32(2)29-41-31-39;/h19-23,25-27,29H,5-18,24,28,30-31H2,1-4H3;1H. The first-order valence-corrected chi connectivity index (χ1v) is 17.7. The largest absolute Gasteiger partial charge is 1.00 e. The van der Waals surface area contributed by atoms with E-state index in [1.807, 2.05) is 35.2 Å². The summed E-state index contributed by atoms with van der Waals surface area (Å²) in [6.07, 6.45) is 24.1. The van der Waals surface area contributed by atoms with Gasteiger partial charge in [-0.1, -0.05) is 126 Å². The zero-order chi connectivity index (χ0) is 31.6. The third-order valence-corrected chi connectivity index (χ3v) is 9.01. The van der Waals surface area contributed by atoms with Crippen LogP contribution in [0.4, 0.5) is 5.69 Å². The molecule has 45 heavy (non-hydrogen) atoms. The first kappa shape index (κ1) is 39.1. The number of ether oxygens (including phenoxy) is 1. The second-order valence-corrected chi connectivity index (χ2v) is 13.6. The molecule has 6 heteroatoms. The molecule has 1 heterocycles. The highest BCUT2D eigenvalue weighted by Crippen LogP contribution is 2.30. The van der Waals surface area contributed by atoms with Crippen LogP contribution in [-0.4, -0.2) is 25.3 Å². The van der Waals surface area contributed by atoms with Crippen molar-refractivity contribution in [3.8, 4) is 5.75 Å². The molecule has 0 spiro atoms. The smallest absolute Gasteiger partial charge is 0.224 e. The second-order valence-electron chi connectivity index (χ2n) is 13.2. The summed E-state index contributed by atoms with van der Waals surface area (Å²) in [4.78, 5) is 17.9. The van der Waals surface area contributed by atoms with Crippen molar-refractivity contribution in [1.82, 2.24) is 0 Å². The number of anilines is 1.